The lowest BCUT2D eigenvalue weighted by Gasteiger charge is -2.39. The molecule has 1 unspecified atom stereocenters. The fraction of sp³-hybridized carbons (Fsp3) is 0.588. The molecule has 2 N–H and O–H groups in total. The van der Waals surface area contributed by atoms with Gasteiger partial charge in [-0.3, -0.25) is 4.79 Å². The topological polar surface area (TPSA) is 41.1 Å². The highest BCUT2D eigenvalue weighted by Crippen LogP contribution is 2.36. The zero-order valence-electron chi connectivity index (χ0n) is 12.8. The summed E-state index contributed by atoms with van der Waals surface area (Å²) in [6, 6.07) is 8.62. The Balaban J connectivity index is 1.59. The third-order valence-corrected chi connectivity index (χ3v) is 5.62. The van der Waals surface area contributed by atoms with Crippen LogP contribution in [0.1, 0.15) is 33.1 Å². The van der Waals surface area contributed by atoms with E-state index in [0.717, 1.165) is 30.0 Å². The summed E-state index contributed by atoms with van der Waals surface area (Å²) in [7, 11) is 0. The lowest BCUT2D eigenvalue weighted by Crippen LogP contribution is -2.41. The molecule has 1 atom stereocenters. The summed E-state index contributed by atoms with van der Waals surface area (Å²) < 4.78 is 0. The van der Waals surface area contributed by atoms with Crippen LogP contribution in [-0.4, -0.2) is 23.5 Å². The number of hydrogen-bond acceptors (Lipinski definition) is 3. The van der Waals surface area contributed by atoms with Gasteiger partial charge in [-0.2, -0.15) is 11.8 Å². The average molecular weight is 304 g/mol. The molecule has 1 heterocycles. The van der Waals surface area contributed by atoms with E-state index in [2.05, 4.69) is 36.6 Å². The molecule has 0 radical (unpaired) electrons. The minimum atomic E-state index is 0.167. The number of carbonyl (C=O) groups is 1. The Labute approximate surface area is 131 Å². The molecule has 2 fully saturated rings. The van der Waals surface area contributed by atoms with Gasteiger partial charge in [-0.15, -0.1) is 0 Å². The Morgan fingerprint density at radius 1 is 1.19 bits per heavy atom. The molecule has 21 heavy (non-hydrogen) atoms. The van der Waals surface area contributed by atoms with Crippen LogP contribution in [0.25, 0.3) is 0 Å². The van der Waals surface area contributed by atoms with Gasteiger partial charge in [-0.25, -0.2) is 0 Å². The van der Waals surface area contributed by atoms with E-state index in [4.69, 9.17) is 0 Å². The zero-order valence-corrected chi connectivity index (χ0v) is 13.6. The Hall–Kier alpha value is -1.16. The summed E-state index contributed by atoms with van der Waals surface area (Å²) in [6.07, 6.45) is 3.34. The van der Waals surface area contributed by atoms with Crippen LogP contribution in [0.2, 0.25) is 0 Å². The molecule has 3 nitrogen and oxygen atoms in total. The second-order valence-corrected chi connectivity index (χ2v) is 8.00. The van der Waals surface area contributed by atoms with Gasteiger partial charge in [0.2, 0.25) is 5.91 Å². The SMILES string of the molecule is CC1(C)CCSCC1Nc1ccc(NC(=O)C2CC2)cc1. The number of thioether (sulfide) groups is 1. The third-order valence-electron chi connectivity index (χ3n) is 4.56. The first-order valence-electron chi connectivity index (χ1n) is 7.80. The monoisotopic (exact) mass is 304 g/mol. The standard InChI is InChI=1S/C17H24N2OS/c1-17(2)9-10-21-11-15(17)18-13-5-7-14(8-6-13)19-16(20)12-3-4-12/h5-8,12,15,18H,3-4,9-11H2,1-2H3,(H,19,20). The highest BCUT2D eigenvalue weighted by atomic mass is 32.2. The number of carbonyl (C=O) groups excluding carboxylic acids is 1. The van der Waals surface area contributed by atoms with Gasteiger partial charge < -0.3 is 10.6 Å². The molecule has 1 aromatic rings. The van der Waals surface area contributed by atoms with Crippen LogP contribution >= 0.6 is 11.8 Å². The quantitative estimate of drug-likeness (QED) is 0.884. The van der Waals surface area contributed by atoms with Gasteiger partial charge in [-0.1, -0.05) is 13.8 Å². The molecular formula is C17H24N2OS. The molecule has 0 aromatic heterocycles. The minimum Gasteiger partial charge on any atom is -0.381 e. The molecule has 4 heteroatoms. The van der Waals surface area contributed by atoms with Crippen LogP contribution in [0.3, 0.4) is 0 Å². The minimum absolute atomic E-state index is 0.167. The summed E-state index contributed by atoms with van der Waals surface area (Å²) in [5.74, 6) is 2.84. The molecule has 1 aromatic carbocycles. The number of benzene rings is 1. The third kappa shape index (κ3) is 3.73. The van der Waals surface area contributed by atoms with Crippen LogP contribution in [0, 0.1) is 11.3 Å². The molecule has 0 bridgehead atoms. The van der Waals surface area contributed by atoms with Gasteiger partial charge in [0.05, 0.1) is 0 Å². The molecule has 1 saturated heterocycles. The number of anilines is 2. The van der Waals surface area contributed by atoms with Crippen molar-refractivity contribution in [3.8, 4) is 0 Å². The van der Waals surface area contributed by atoms with E-state index in [9.17, 15) is 4.79 Å². The van der Waals surface area contributed by atoms with Crippen molar-refractivity contribution in [3.05, 3.63) is 24.3 Å². The fourth-order valence-electron chi connectivity index (χ4n) is 2.61. The Bertz CT molecular complexity index is 508. The predicted octanol–water partition coefficient (Wildman–Crippen LogP) is 3.98. The predicted molar refractivity (Wildman–Crippen MR) is 90.9 cm³/mol. The molecule has 114 valence electrons. The largest absolute Gasteiger partial charge is 0.381 e. The molecule has 2 aliphatic rings. The second kappa shape index (κ2) is 5.91. The maximum atomic E-state index is 11.7. The normalized spacial score (nSPS) is 24.4. The van der Waals surface area contributed by atoms with Crippen molar-refractivity contribution in [2.24, 2.45) is 11.3 Å². The first-order chi connectivity index (χ1) is 10.0. The van der Waals surface area contributed by atoms with E-state index >= 15 is 0 Å². The molecular weight excluding hydrogens is 280 g/mol. The highest BCUT2D eigenvalue weighted by molar-refractivity contribution is 7.99. The van der Waals surface area contributed by atoms with E-state index in [1.165, 1.54) is 12.2 Å². The summed E-state index contributed by atoms with van der Waals surface area (Å²) in [6.45, 7) is 4.68. The van der Waals surface area contributed by atoms with Crippen LogP contribution in [0.5, 0.6) is 0 Å². The van der Waals surface area contributed by atoms with E-state index in [1.54, 1.807) is 0 Å². The molecule has 1 amide bonds. The first-order valence-corrected chi connectivity index (χ1v) is 8.95. The maximum Gasteiger partial charge on any atom is 0.227 e. The van der Waals surface area contributed by atoms with Crippen LogP contribution in [-0.2, 0) is 4.79 Å². The van der Waals surface area contributed by atoms with E-state index in [0.29, 0.717) is 11.5 Å². The number of nitrogens with one attached hydrogen (secondary N) is 2. The summed E-state index contributed by atoms with van der Waals surface area (Å²) >= 11 is 2.03. The van der Waals surface area contributed by atoms with Crippen molar-refractivity contribution in [3.63, 3.8) is 0 Å². The van der Waals surface area contributed by atoms with Gasteiger partial charge in [0.1, 0.15) is 0 Å². The Morgan fingerprint density at radius 2 is 1.86 bits per heavy atom. The summed E-state index contributed by atoms with van der Waals surface area (Å²) in [5.41, 5.74) is 2.37. The fourth-order valence-corrected chi connectivity index (χ4v) is 4.22. The molecule has 3 rings (SSSR count). The van der Waals surface area contributed by atoms with Crippen molar-refractivity contribution in [2.45, 2.75) is 39.2 Å². The number of hydrogen-bond donors (Lipinski definition) is 2. The van der Waals surface area contributed by atoms with Gasteiger partial charge in [0, 0.05) is 29.1 Å². The van der Waals surface area contributed by atoms with E-state index in [1.807, 2.05) is 23.9 Å². The molecule has 0 spiro atoms. The van der Waals surface area contributed by atoms with Crippen LogP contribution in [0.4, 0.5) is 11.4 Å². The first kappa shape index (κ1) is 14.8. The van der Waals surface area contributed by atoms with Gasteiger partial charge in [0.15, 0.2) is 0 Å². The summed E-state index contributed by atoms with van der Waals surface area (Å²) in [5, 5.41) is 6.63. The van der Waals surface area contributed by atoms with Crippen LogP contribution in [0.15, 0.2) is 24.3 Å². The Kier molecular flexibility index (Phi) is 4.16. The average Bonchev–Trinajstić information content (AvgIpc) is 3.27. The zero-order chi connectivity index (χ0) is 14.9. The van der Waals surface area contributed by atoms with Crippen molar-refractivity contribution in [1.82, 2.24) is 0 Å². The van der Waals surface area contributed by atoms with Gasteiger partial charge >= 0.3 is 0 Å². The van der Waals surface area contributed by atoms with Crippen LogP contribution < -0.4 is 10.6 Å². The molecule has 1 aliphatic carbocycles. The maximum absolute atomic E-state index is 11.7. The van der Waals surface area contributed by atoms with Crippen molar-refractivity contribution in [2.75, 3.05) is 22.1 Å². The van der Waals surface area contributed by atoms with E-state index < -0.39 is 0 Å². The smallest absolute Gasteiger partial charge is 0.227 e. The second-order valence-electron chi connectivity index (χ2n) is 6.85. The lowest BCUT2D eigenvalue weighted by molar-refractivity contribution is -0.117. The highest BCUT2D eigenvalue weighted by Gasteiger charge is 2.32. The lowest BCUT2D eigenvalue weighted by atomic mass is 9.82. The molecule has 1 aliphatic heterocycles. The molecule has 1 saturated carbocycles. The van der Waals surface area contributed by atoms with E-state index in [-0.39, 0.29) is 11.8 Å². The van der Waals surface area contributed by atoms with Crippen molar-refractivity contribution < 1.29 is 4.79 Å². The Morgan fingerprint density at radius 3 is 2.48 bits per heavy atom. The number of rotatable bonds is 4. The van der Waals surface area contributed by atoms with Gasteiger partial charge in [0.25, 0.3) is 0 Å². The van der Waals surface area contributed by atoms with Gasteiger partial charge in [-0.05, 0) is 54.7 Å². The van der Waals surface area contributed by atoms with Crippen molar-refractivity contribution >= 4 is 29.0 Å². The number of amides is 1. The van der Waals surface area contributed by atoms with Crippen molar-refractivity contribution in [1.29, 1.82) is 0 Å². The summed E-state index contributed by atoms with van der Waals surface area (Å²) in [4.78, 5) is 11.7.